The zero-order valence-electron chi connectivity index (χ0n) is 16.4. The molecule has 2 aromatic rings. The molecule has 1 saturated heterocycles. The van der Waals surface area contributed by atoms with E-state index in [0.717, 1.165) is 19.4 Å². The Labute approximate surface area is 165 Å². The van der Waals surface area contributed by atoms with Crippen molar-refractivity contribution >= 4 is 23.3 Å². The van der Waals surface area contributed by atoms with E-state index in [4.69, 9.17) is 4.74 Å². The minimum atomic E-state index is -0.126. The Balaban J connectivity index is 1.68. The van der Waals surface area contributed by atoms with E-state index in [1.807, 2.05) is 23.1 Å². The highest BCUT2D eigenvalue weighted by atomic mass is 16.5. The van der Waals surface area contributed by atoms with Gasteiger partial charge in [0.25, 0.3) is 0 Å². The number of hydrogen-bond acceptors (Lipinski definition) is 3. The second-order valence-corrected chi connectivity index (χ2v) is 6.94. The summed E-state index contributed by atoms with van der Waals surface area (Å²) in [6, 6.07) is 15.4. The number of nitrogens with zero attached hydrogens (tertiary/aromatic N) is 1. The topological polar surface area (TPSA) is 70.7 Å². The quantitative estimate of drug-likeness (QED) is 0.803. The first kappa shape index (κ1) is 19.7. The van der Waals surface area contributed by atoms with E-state index in [1.54, 1.807) is 32.2 Å². The van der Waals surface area contributed by atoms with Gasteiger partial charge in [0, 0.05) is 31.1 Å². The first-order chi connectivity index (χ1) is 13.6. The molecular formula is C22H27N3O3. The van der Waals surface area contributed by atoms with Crippen LogP contribution >= 0.6 is 0 Å². The summed E-state index contributed by atoms with van der Waals surface area (Å²) >= 11 is 0. The van der Waals surface area contributed by atoms with Crippen LogP contribution in [0.3, 0.4) is 0 Å². The number of hydrogen-bond donors (Lipinski definition) is 2. The van der Waals surface area contributed by atoms with Gasteiger partial charge in [-0.25, -0.2) is 4.79 Å². The maximum Gasteiger partial charge on any atom is 0.321 e. The number of piperidine rings is 1. The molecule has 0 spiro atoms. The lowest BCUT2D eigenvalue weighted by Crippen LogP contribution is -2.41. The molecule has 6 heteroatoms. The van der Waals surface area contributed by atoms with E-state index in [1.165, 1.54) is 5.56 Å². The van der Waals surface area contributed by atoms with Crippen LogP contribution in [0.25, 0.3) is 0 Å². The number of amides is 3. The Hall–Kier alpha value is -3.02. The lowest BCUT2D eigenvalue weighted by atomic mass is 9.91. The number of anilines is 2. The van der Waals surface area contributed by atoms with Crippen molar-refractivity contribution < 1.29 is 14.3 Å². The summed E-state index contributed by atoms with van der Waals surface area (Å²) in [5, 5.41) is 5.75. The Bertz CT molecular complexity index is 823. The molecule has 0 saturated carbocycles. The number of nitrogens with one attached hydrogen (secondary N) is 2. The third-order valence-corrected chi connectivity index (χ3v) is 5.03. The molecule has 28 heavy (non-hydrogen) atoms. The summed E-state index contributed by atoms with van der Waals surface area (Å²) < 4.78 is 5.29. The first-order valence-corrected chi connectivity index (χ1v) is 9.69. The van der Waals surface area contributed by atoms with Gasteiger partial charge in [-0.05, 0) is 36.6 Å². The monoisotopic (exact) mass is 381 g/mol. The van der Waals surface area contributed by atoms with E-state index in [0.29, 0.717) is 36.0 Å². The van der Waals surface area contributed by atoms with Gasteiger partial charge in [-0.15, -0.1) is 0 Å². The molecule has 3 amide bonds. The SMILES string of the molecule is CCC(=O)Nc1cc(NC(=O)N2CCC[C@@H](c3ccccc3)C2)ccc1OC. The number of ether oxygens (including phenoxy) is 1. The molecule has 1 aliphatic rings. The van der Waals surface area contributed by atoms with Gasteiger partial charge in [-0.2, -0.15) is 0 Å². The van der Waals surface area contributed by atoms with Crippen LogP contribution < -0.4 is 15.4 Å². The highest BCUT2D eigenvalue weighted by molar-refractivity contribution is 5.95. The summed E-state index contributed by atoms with van der Waals surface area (Å²) in [6.07, 6.45) is 2.44. The molecule has 0 radical (unpaired) electrons. The van der Waals surface area contributed by atoms with Crippen LogP contribution in [-0.2, 0) is 4.79 Å². The van der Waals surface area contributed by atoms with Gasteiger partial charge < -0.3 is 20.3 Å². The second-order valence-electron chi connectivity index (χ2n) is 6.94. The van der Waals surface area contributed by atoms with Gasteiger partial charge in [-0.1, -0.05) is 37.3 Å². The third-order valence-electron chi connectivity index (χ3n) is 5.03. The van der Waals surface area contributed by atoms with Crippen molar-refractivity contribution in [2.24, 2.45) is 0 Å². The summed E-state index contributed by atoms with van der Waals surface area (Å²) in [4.78, 5) is 26.4. The number of likely N-dealkylation sites (tertiary alicyclic amines) is 1. The van der Waals surface area contributed by atoms with Crippen LogP contribution in [0.1, 0.15) is 37.7 Å². The maximum absolute atomic E-state index is 12.8. The van der Waals surface area contributed by atoms with Gasteiger partial charge >= 0.3 is 6.03 Å². The van der Waals surface area contributed by atoms with Crippen LogP contribution in [0.4, 0.5) is 16.2 Å². The van der Waals surface area contributed by atoms with Crippen molar-refractivity contribution in [2.45, 2.75) is 32.1 Å². The average molecular weight is 381 g/mol. The third kappa shape index (κ3) is 4.82. The van der Waals surface area contributed by atoms with Gasteiger partial charge in [-0.3, -0.25) is 4.79 Å². The van der Waals surface area contributed by atoms with E-state index in [2.05, 4.69) is 22.8 Å². The number of urea groups is 1. The van der Waals surface area contributed by atoms with Crippen LogP contribution in [0.15, 0.2) is 48.5 Å². The molecule has 1 atom stereocenters. The number of methoxy groups -OCH3 is 1. The van der Waals surface area contributed by atoms with Crippen molar-refractivity contribution in [3.8, 4) is 5.75 Å². The van der Waals surface area contributed by atoms with Gasteiger partial charge in [0.15, 0.2) is 0 Å². The van der Waals surface area contributed by atoms with E-state index < -0.39 is 0 Å². The normalized spacial score (nSPS) is 16.4. The van der Waals surface area contributed by atoms with E-state index in [9.17, 15) is 9.59 Å². The largest absolute Gasteiger partial charge is 0.495 e. The van der Waals surface area contributed by atoms with Gasteiger partial charge in [0.2, 0.25) is 5.91 Å². The molecule has 0 bridgehead atoms. The molecule has 1 aliphatic heterocycles. The predicted octanol–water partition coefficient (Wildman–Crippen LogP) is 4.46. The summed E-state index contributed by atoms with van der Waals surface area (Å²) in [5.41, 5.74) is 2.45. The van der Waals surface area contributed by atoms with Crippen molar-refractivity contribution in [2.75, 3.05) is 30.8 Å². The Morgan fingerprint density at radius 2 is 1.93 bits per heavy atom. The number of carbonyl (C=O) groups is 2. The van der Waals surface area contributed by atoms with Crippen molar-refractivity contribution in [1.82, 2.24) is 4.90 Å². The fraction of sp³-hybridized carbons (Fsp3) is 0.364. The average Bonchev–Trinajstić information content (AvgIpc) is 2.74. The minimum Gasteiger partial charge on any atom is -0.495 e. The molecule has 0 aromatic heterocycles. The molecule has 148 valence electrons. The van der Waals surface area contributed by atoms with E-state index >= 15 is 0 Å². The smallest absolute Gasteiger partial charge is 0.321 e. The van der Waals surface area contributed by atoms with Crippen LogP contribution in [0, 0.1) is 0 Å². The second kappa shape index (κ2) is 9.26. The Morgan fingerprint density at radius 3 is 2.64 bits per heavy atom. The maximum atomic E-state index is 12.8. The van der Waals surface area contributed by atoms with Crippen LogP contribution in [0.2, 0.25) is 0 Å². The number of rotatable bonds is 5. The molecular weight excluding hydrogens is 354 g/mol. The first-order valence-electron chi connectivity index (χ1n) is 9.69. The minimum absolute atomic E-state index is 0.108. The molecule has 1 heterocycles. The standard InChI is InChI=1S/C22H27N3O3/c1-3-21(26)24-19-14-18(11-12-20(19)28-2)23-22(27)25-13-7-10-17(15-25)16-8-5-4-6-9-16/h4-6,8-9,11-12,14,17H,3,7,10,13,15H2,1-2H3,(H,23,27)(H,24,26)/t17-/m1/s1. The number of carbonyl (C=O) groups excluding carboxylic acids is 2. The molecule has 2 aromatic carbocycles. The molecule has 2 N–H and O–H groups in total. The summed E-state index contributed by atoms with van der Waals surface area (Å²) in [6.45, 7) is 3.23. The Kier molecular flexibility index (Phi) is 6.53. The fourth-order valence-electron chi connectivity index (χ4n) is 3.48. The molecule has 0 aliphatic carbocycles. The summed E-state index contributed by atoms with van der Waals surface area (Å²) in [7, 11) is 1.55. The predicted molar refractivity (Wildman–Crippen MR) is 111 cm³/mol. The molecule has 1 fully saturated rings. The lowest BCUT2D eigenvalue weighted by molar-refractivity contribution is -0.115. The zero-order valence-corrected chi connectivity index (χ0v) is 16.4. The fourth-order valence-corrected chi connectivity index (χ4v) is 3.48. The zero-order chi connectivity index (χ0) is 19.9. The molecule has 0 unspecified atom stereocenters. The lowest BCUT2D eigenvalue weighted by Gasteiger charge is -2.33. The van der Waals surface area contributed by atoms with Gasteiger partial charge in [0.1, 0.15) is 5.75 Å². The Morgan fingerprint density at radius 1 is 1.14 bits per heavy atom. The van der Waals surface area contributed by atoms with Crippen molar-refractivity contribution in [1.29, 1.82) is 0 Å². The molecule has 3 rings (SSSR count). The van der Waals surface area contributed by atoms with Crippen molar-refractivity contribution in [3.05, 3.63) is 54.1 Å². The highest BCUT2D eigenvalue weighted by Crippen LogP contribution is 2.30. The molecule has 6 nitrogen and oxygen atoms in total. The highest BCUT2D eigenvalue weighted by Gasteiger charge is 2.24. The summed E-state index contributed by atoms with van der Waals surface area (Å²) in [5.74, 6) is 0.807. The van der Waals surface area contributed by atoms with Crippen molar-refractivity contribution in [3.63, 3.8) is 0 Å². The van der Waals surface area contributed by atoms with E-state index in [-0.39, 0.29) is 11.9 Å². The van der Waals surface area contributed by atoms with Crippen LogP contribution in [-0.4, -0.2) is 37.0 Å². The number of benzene rings is 2. The van der Waals surface area contributed by atoms with Gasteiger partial charge in [0.05, 0.1) is 12.8 Å². The van der Waals surface area contributed by atoms with Crippen LogP contribution in [0.5, 0.6) is 5.75 Å².